The monoisotopic (exact) mass is 293 g/mol. The van der Waals surface area contributed by atoms with Gasteiger partial charge in [-0.2, -0.15) is 0 Å². The van der Waals surface area contributed by atoms with Gasteiger partial charge in [0.1, 0.15) is 11.6 Å². The minimum atomic E-state index is -0.507. The van der Waals surface area contributed by atoms with E-state index in [1.165, 1.54) is 12.1 Å². The third-order valence-electron chi connectivity index (χ3n) is 2.53. The van der Waals surface area contributed by atoms with E-state index in [1.54, 1.807) is 12.1 Å². The molecule has 0 unspecified atom stereocenters. The Morgan fingerprint density at radius 1 is 1.30 bits per heavy atom. The van der Waals surface area contributed by atoms with Gasteiger partial charge in [0.15, 0.2) is 0 Å². The Labute approximate surface area is 119 Å². The van der Waals surface area contributed by atoms with Crippen LogP contribution in [0.25, 0.3) is 0 Å². The Kier molecular flexibility index (Phi) is 4.34. The van der Waals surface area contributed by atoms with Crippen molar-refractivity contribution in [2.45, 2.75) is 6.54 Å². The number of nitrogen functional groups attached to an aromatic ring is 1. The number of benzene rings is 1. The van der Waals surface area contributed by atoms with Gasteiger partial charge in [0.05, 0.1) is 17.1 Å². The van der Waals surface area contributed by atoms with Gasteiger partial charge in [-0.25, -0.2) is 10.8 Å². The zero-order valence-corrected chi connectivity index (χ0v) is 11.1. The first kappa shape index (κ1) is 14.0. The largest absolute Gasteiger partial charge is 0.366 e. The Balaban J connectivity index is 2.16. The smallest absolute Gasteiger partial charge is 0.276 e. The summed E-state index contributed by atoms with van der Waals surface area (Å²) in [4.78, 5) is 14.4. The van der Waals surface area contributed by atoms with Crippen LogP contribution in [0.15, 0.2) is 36.4 Å². The van der Waals surface area contributed by atoms with Crippen molar-refractivity contribution in [3.63, 3.8) is 0 Å². The number of pyridine rings is 1. The van der Waals surface area contributed by atoms with E-state index < -0.39 is 4.92 Å². The molecular formula is C12H12ClN5O2. The van der Waals surface area contributed by atoms with Gasteiger partial charge in [-0.3, -0.25) is 10.1 Å². The molecule has 0 bridgehead atoms. The lowest BCUT2D eigenvalue weighted by atomic mass is 10.2. The molecule has 1 aromatic carbocycles. The van der Waals surface area contributed by atoms with Crippen LogP contribution < -0.4 is 16.6 Å². The molecule has 7 nitrogen and oxygen atoms in total. The molecule has 8 heteroatoms. The predicted octanol–water partition coefficient (Wildman–Crippen LogP) is 2.54. The molecular weight excluding hydrogens is 282 g/mol. The Morgan fingerprint density at radius 3 is 2.70 bits per heavy atom. The first-order chi connectivity index (χ1) is 9.58. The maximum atomic E-state index is 10.8. The van der Waals surface area contributed by atoms with Crippen molar-refractivity contribution < 1.29 is 4.92 Å². The lowest BCUT2D eigenvalue weighted by molar-refractivity contribution is -0.384. The SMILES string of the molecule is NNc1cc([N+](=O)[O-])cc(NCc2cccc(Cl)c2)n1. The highest BCUT2D eigenvalue weighted by Crippen LogP contribution is 2.20. The first-order valence-electron chi connectivity index (χ1n) is 5.70. The van der Waals surface area contributed by atoms with Crippen LogP contribution in [0.1, 0.15) is 5.56 Å². The molecule has 0 radical (unpaired) electrons. The molecule has 0 saturated carbocycles. The number of halogens is 1. The second kappa shape index (κ2) is 6.18. The first-order valence-corrected chi connectivity index (χ1v) is 6.07. The van der Waals surface area contributed by atoms with Gasteiger partial charge in [0.25, 0.3) is 5.69 Å². The van der Waals surface area contributed by atoms with Crippen molar-refractivity contribution >= 4 is 28.9 Å². The third kappa shape index (κ3) is 3.56. The Bertz CT molecular complexity index is 635. The van der Waals surface area contributed by atoms with Crippen molar-refractivity contribution in [2.24, 2.45) is 5.84 Å². The number of hydrogen-bond donors (Lipinski definition) is 3. The number of hydrogen-bond acceptors (Lipinski definition) is 6. The van der Waals surface area contributed by atoms with Crippen LogP contribution in [0.2, 0.25) is 5.02 Å². The number of nitro groups is 1. The number of aromatic nitrogens is 1. The average Bonchev–Trinajstić information content (AvgIpc) is 2.45. The van der Waals surface area contributed by atoms with E-state index in [9.17, 15) is 10.1 Å². The summed E-state index contributed by atoms with van der Waals surface area (Å²) in [7, 11) is 0. The quantitative estimate of drug-likeness (QED) is 0.444. The van der Waals surface area contributed by atoms with Crippen molar-refractivity contribution in [3.05, 3.63) is 57.1 Å². The predicted molar refractivity (Wildman–Crippen MR) is 77.5 cm³/mol. The van der Waals surface area contributed by atoms with Crippen molar-refractivity contribution in [2.75, 3.05) is 10.7 Å². The van der Waals surface area contributed by atoms with E-state index in [0.717, 1.165) is 5.56 Å². The van der Waals surface area contributed by atoms with Crippen molar-refractivity contribution in [1.29, 1.82) is 0 Å². The maximum absolute atomic E-state index is 10.8. The van der Waals surface area contributed by atoms with Gasteiger partial charge in [0, 0.05) is 11.6 Å². The molecule has 104 valence electrons. The van der Waals surface area contributed by atoms with Crippen LogP contribution in [0.3, 0.4) is 0 Å². The summed E-state index contributed by atoms with van der Waals surface area (Å²) in [5, 5.41) is 14.4. The lowest BCUT2D eigenvalue weighted by Gasteiger charge is -2.08. The molecule has 0 aliphatic carbocycles. The van der Waals surface area contributed by atoms with E-state index in [0.29, 0.717) is 17.4 Å². The summed E-state index contributed by atoms with van der Waals surface area (Å²) < 4.78 is 0. The summed E-state index contributed by atoms with van der Waals surface area (Å²) in [6.07, 6.45) is 0. The fraction of sp³-hybridized carbons (Fsp3) is 0.0833. The van der Waals surface area contributed by atoms with Gasteiger partial charge in [-0.15, -0.1) is 0 Å². The highest BCUT2D eigenvalue weighted by molar-refractivity contribution is 6.30. The van der Waals surface area contributed by atoms with E-state index in [2.05, 4.69) is 15.7 Å². The Morgan fingerprint density at radius 2 is 2.05 bits per heavy atom. The number of nitrogens with zero attached hydrogens (tertiary/aromatic N) is 2. The Hall–Kier alpha value is -2.38. The molecule has 1 aromatic heterocycles. The fourth-order valence-electron chi connectivity index (χ4n) is 1.63. The molecule has 1 heterocycles. The van der Waals surface area contributed by atoms with Crippen LogP contribution in [0, 0.1) is 10.1 Å². The zero-order valence-electron chi connectivity index (χ0n) is 10.3. The molecule has 0 atom stereocenters. The van der Waals surface area contributed by atoms with Crippen LogP contribution in [-0.2, 0) is 6.54 Å². The fourth-order valence-corrected chi connectivity index (χ4v) is 1.84. The summed E-state index contributed by atoms with van der Waals surface area (Å²) in [6, 6.07) is 9.88. The van der Waals surface area contributed by atoms with Crippen molar-refractivity contribution in [1.82, 2.24) is 4.98 Å². The standard InChI is InChI=1S/C12H12ClN5O2/c13-9-3-1-2-8(4-9)7-15-11-5-10(18(19)20)6-12(16-11)17-14/h1-6H,7,14H2,(H2,15,16,17). The van der Waals surface area contributed by atoms with Gasteiger partial charge < -0.3 is 10.7 Å². The number of anilines is 2. The second-order valence-electron chi connectivity index (χ2n) is 3.98. The summed E-state index contributed by atoms with van der Waals surface area (Å²) in [5.41, 5.74) is 3.14. The minimum Gasteiger partial charge on any atom is -0.366 e. The van der Waals surface area contributed by atoms with Gasteiger partial charge in [0.2, 0.25) is 0 Å². The summed E-state index contributed by atoms with van der Waals surface area (Å²) in [5.74, 6) is 5.80. The molecule has 0 amide bonds. The molecule has 4 N–H and O–H groups in total. The van der Waals surface area contributed by atoms with Crippen molar-refractivity contribution in [3.8, 4) is 0 Å². The maximum Gasteiger partial charge on any atom is 0.276 e. The molecule has 0 fully saturated rings. The molecule has 0 saturated heterocycles. The van der Waals surface area contributed by atoms with Crippen LogP contribution >= 0.6 is 11.6 Å². The van der Waals surface area contributed by atoms with Gasteiger partial charge in [-0.1, -0.05) is 23.7 Å². The van der Waals surface area contributed by atoms with E-state index in [-0.39, 0.29) is 11.5 Å². The zero-order chi connectivity index (χ0) is 14.5. The number of rotatable bonds is 5. The van der Waals surface area contributed by atoms with Crippen LogP contribution in [-0.4, -0.2) is 9.91 Å². The van der Waals surface area contributed by atoms with E-state index in [1.807, 2.05) is 12.1 Å². The van der Waals surface area contributed by atoms with Crippen LogP contribution in [0.5, 0.6) is 0 Å². The summed E-state index contributed by atoms with van der Waals surface area (Å²) >= 11 is 5.88. The number of nitrogens with two attached hydrogens (primary N) is 1. The molecule has 2 rings (SSSR count). The number of hydrazine groups is 1. The van der Waals surface area contributed by atoms with E-state index in [4.69, 9.17) is 17.4 Å². The highest BCUT2D eigenvalue weighted by Gasteiger charge is 2.10. The van der Waals surface area contributed by atoms with Gasteiger partial charge >= 0.3 is 0 Å². The molecule has 20 heavy (non-hydrogen) atoms. The molecule has 2 aromatic rings. The third-order valence-corrected chi connectivity index (χ3v) is 2.77. The van der Waals surface area contributed by atoms with Gasteiger partial charge in [-0.05, 0) is 17.7 Å². The number of nitrogens with one attached hydrogen (secondary N) is 2. The summed E-state index contributed by atoms with van der Waals surface area (Å²) in [6.45, 7) is 0.443. The molecule has 0 aliphatic heterocycles. The highest BCUT2D eigenvalue weighted by atomic mass is 35.5. The van der Waals surface area contributed by atoms with E-state index >= 15 is 0 Å². The molecule has 0 spiro atoms. The second-order valence-corrected chi connectivity index (χ2v) is 4.42. The average molecular weight is 294 g/mol. The minimum absolute atomic E-state index is 0.0958. The molecule has 0 aliphatic rings. The van der Waals surface area contributed by atoms with Crippen LogP contribution in [0.4, 0.5) is 17.3 Å². The lowest BCUT2D eigenvalue weighted by Crippen LogP contribution is -2.10. The topological polar surface area (TPSA) is 106 Å². The normalized spacial score (nSPS) is 10.1.